The van der Waals surface area contributed by atoms with E-state index in [0.717, 1.165) is 12.0 Å². The molecule has 0 saturated carbocycles. The van der Waals surface area contributed by atoms with E-state index in [4.69, 9.17) is 4.74 Å². The number of methoxy groups -OCH3 is 1. The van der Waals surface area contributed by atoms with Crippen LogP contribution in [0.25, 0.3) is 0 Å². The van der Waals surface area contributed by atoms with Crippen LogP contribution in [0.4, 0.5) is 0 Å². The molecule has 0 fully saturated rings. The van der Waals surface area contributed by atoms with Crippen LogP contribution in [0, 0.1) is 19.8 Å². The first-order valence-corrected chi connectivity index (χ1v) is 8.52. The highest BCUT2D eigenvalue weighted by Crippen LogP contribution is 2.36. The van der Waals surface area contributed by atoms with Crippen molar-refractivity contribution in [2.24, 2.45) is 5.92 Å². The molecule has 108 valence electrons. The number of hydrogen-bond donors (Lipinski definition) is 1. The Labute approximate surface area is 122 Å². The third-order valence-corrected chi connectivity index (χ3v) is 6.18. The lowest BCUT2D eigenvalue weighted by molar-refractivity contribution is -0.144. The van der Waals surface area contributed by atoms with E-state index >= 15 is 0 Å². The van der Waals surface area contributed by atoms with E-state index in [1.165, 1.54) is 23.4 Å². The van der Waals surface area contributed by atoms with Gasteiger partial charge in [-0.25, -0.2) is 0 Å². The number of esters is 1. The van der Waals surface area contributed by atoms with E-state index in [2.05, 4.69) is 32.0 Å². The fourth-order valence-electron chi connectivity index (χ4n) is 3.19. The van der Waals surface area contributed by atoms with Gasteiger partial charge in [-0.15, -0.1) is 0 Å². The molecule has 4 heteroatoms. The predicted octanol–water partition coefficient (Wildman–Crippen LogP) is 0.998. The van der Waals surface area contributed by atoms with Gasteiger partial charge in [-0.2, -0.15) is 0 Å². The van der Waals surface area contributed by atoms with Crippen molar-refractivity contribution < 1.29 is 14.6 Å². The highest BCUT2D eigenvalue weighted by molar-refractivity contribution is 6.55. The largest absolute Gasteiger partial charge is 0.469 e. The summed E-state index contributed by atoms with van der Waals surface area (Å²) in [7, 11) is 0.839. The number of aliphatic hydroxyl groups is 1. The number of carbonyl (C=O) groups is 1. The van der Waals surface area contributed by atoms with E-state index in [1.54, 1.807) is 0 Å². The number of ether oxygens (including phenoxy) is 1. The van der Waals surface area contributed by atoms with Gasteiger partial charge in [0, 0.05) is 0 Å². The molecule has 1 aromatic carbocycles. The fraction of sp³-hybridized carbons (Fsp3) is 0.438. The van der Waals surface area contributed by atoms with Crippen molar-refractivity contribution in [2.75, 3.05) is 13.7 Å². The number of aliphatic hydroxyl groups excluding tert-OH is 1. The van der Waals surface area contributed by atoms with Crippen LogP contribution in [0.5, 0.6) is 0 Å². The predicted molar refractivity (Wildman–Crippen MR) is 83.1 cm³/mol. The van der Waals surface area contributed by atoms with Gasteiger partial charge < -0.3 is 9.84 Å². The Balaban J connectivity index is 2.18. The molecule has 0 aliphatic heterocycles. The van der Waals surface area contributed by atoms with Crippen molar-refractivity contribution in [3.8, 4) is 0 Å². The minimum atomic E-state index is -0.582. The molecule has 0 spiro atoms. The monoisotopic (exact) mass is 290 g/mol. The summed E-state index contributed by atoms with van der Waals surface area (Å²) in [6.45, 7) is 4.17. The minimum absolute atomic E-state index is 0.0441. The lowest BCUT2D eigenvalue weighted by Gasteiger charge is -2.20. The Kier molecular flexibility index (Phi) is 4.78. The summed E-state index contributed by atoms with van der Waals surface area (Å²) < 4.78 is 4.91. The smallest absolute Gasteiger partial charge is 0.312 e. The normalized spacial score (nSPS) is 22.3. The second kappa shape index (κ2) is 6.37. The number of benzene rings is 1. The van der Waals surface area contributed by atoms with E-state index in [0.29, 0.717) is 5.54 Å². The second-order valence-electron chi connectivity index (χ2n) is 5.63. The fourth-order valence-corrected chi connectivity index (χ4v) is 5.74. The third kappa shape index (κ3) is 3.19. The molecule has 1 aromatic rings. The number of allylic oxidation sites excluding steroid dienone is 1. The summed E-state index contributed by atoms with van der Waals surface area (Å²) in [6.07, 6.45) is 2.90. The van der Waals surface area contributed by atoms with Gasteiger partial charge in [0.15, 0.2) is 0 Å². The number of carbonyl (C=O) groups excluding carboxylic acids is 1. The Morgan fingerprint density at radius 3 is 2.55 bits per heavy atom. The molecular formula is C16H22O3Si. The van der Waals surface area contributed by atoms with Crippen LogP contribution in [-0.2, 0) is 9.53 Å². The lowest BCUT2D eigenvalue weighted by atomic mass is 10.0. The maximum absolute atomic E-state index is 12.0. The molecule has 2 atom stereocenters. The van der Waals surface area contributed by atoms with Crippen molar-refractivity contribution in [1.82, 2.24) is 0 Å². The molecule has 20 heavy (non-hydrogen) atoms. The Morgan fingerprint density at radius 2 is 2.00 bits per heavy atom. The summed E-state index contributed by atoms with van der Waals surface area (Å²) in [5, 5.41) is 10.8. The van der Waals surface area contributed by atoms with Crippen LogP contribution in [0.1, 0.15) is 17.5 Å². The molecule has 0 radical (unpaired) electrons. The molecule has 0 saturated heterocycles. The summed E-state index contributed by atoms with van der Waals surface area (Å²) in [5.41, 5.74) is 3.70. The lowest BCUT2D eigenvalue weighted by Crippen LogP contribution is -2.29. The average Bonchev–Trinajstić information content (AvgIpc) is 2.79. The van der Waals surface area contributed by atoms with Crippen molar-refractivity contribution in [3.05, 3.63) is 41.0 Å². The van der Waals surface area contributed by atoms with Crippen molar-refractivity contribution in [2.45, 2.75) is 25.8 Å². The van der Waals surface area contributed by atoms with Crippen LogP contribution in [0.15, 0.2) is 29.8 Å². The summed E-state index contributed by atoms with van der Waals surface area (Å²) in [6, 6.07) is 6.62. The number of aryl methyl sites for hydroxylation is 2. The van der Waals surface area contributed by atoms with Crippen LogP contribution in [-0.4, -0.2) is 34.3 Å². The molecule has 0 aromatic heterocycles. The summed E-state index contributed by atoms with van der Waals surface area (Å²) in [5.74, 6) is -0.442. The molecule has 0 heterocycles. The molecule has 1 aliphatic carbocycles. The van der Waals surface area contributed by atoms with Gasteiger partial charge in [0.2, 0.25) is 0 Å². The molecule has 2 unspecified atom stereocenters. The third-order valence-electron chi connectivity index (χ3n) is 3.97. The van der Waals surface area contributed by atoms with E-state index in [9.17, 15) is 9.90 Å². The first kappa shape index (κ1) is 15.0. The molecule has 3 nitrogen and oxygen atoms in total. The molecule has 0 bridgehead atoms. The zero-order valence-corrected chi connectivity index (χ0v) is 13.8. The minimum Gasteiger partial charge on any atom is -0.469 e. The van der Waals surface area contributed by atoms with E-state index in [-0.39, 0.29) is 18.5 Å². The van der Waals surface area contributed by atoms with Gasteiger partial charge in [0.05, 0.1) is 29.2 Å². The molecule has 0 amide bonds. The maximum Gasteiger partial charge on any atom is 0.312 e. The highest BCUT2D eigenvalue weighted by Gasteiger charge is 2.35. The van der Waals surface area contributed by atoms with Crippen LogP contribution in [0.3, 0.4) is 0 Å². The van der Waals surface area contributed by atoms with Gasteiger partial charge >= 0.3 is 5.97 Å². The zero-order valence-electron chi connectivity index (χ0n) is 12.3. The summed E-state index contributed by atoms with van der Waals surface area (Å²) in [4.78, 5) is 12.0. The molecule has 1 N–H and O–H groups in total. The Bertz CT molecular complexity index is 516. The molecular weight excluding hydrogens is 268 g/mol. The van der Waals surface area contributed by atoms with Gasteiger partial charge in [0.1, 0.15) is 0 Å². The Hall–Kier alpha value is -1.39. The topological polar surface area (TPSA) is 46.5 Å². The first-order chi connectivity index (χ1) is 9.55. The first-order valence-electron chi connectivity index (χ1n) is 7.00. The number of hydrogen-bond acceptors (Lipinski definition) is 3. The van der Waals surface area contributed by atoms with Gasteiger partial charge in [-0.1, -0.05) is 40.6 Å². The zero-order chi connectivity index (χ0) is 14.7. The van der Waals surface area contributed by atoms with Crippen molar-refractivity contribution in [3.63, 3.8) is 0 Å². The SMILES string of the molecule is COC(=O)C1C(CO)=CCC1[SiH2]c1cc(C)cc(C)c1. The average molecular weight is 290 g/mol. The quantitative estimate of drug-likeness (QED) is 0.511. The van der Waals surface area contributed by atoms with Gasteiger partial charge in [-0.3, -0.25) is 4.79 Å². The Morgan fingerprint density at radius 1 is 1.35 bits per heavy atom. The van der Waals surface area contributed by atoms with Crippen molar-refractivity contribution in [1.29, 1.82) is 0 Å². The van der Waals surface area contributed by atoms with Crippen molar-refractivity contribution >= 4 is 20.7 Å². The molecule has 2 rings (SSSR count). The highest BCUT2D eigenvalue weighted by atomic mass is 28.2. The van der Waals surface area contributed by atoms with E-state index < -0.39 is 9.52 Å². The molecule has 1 aliphatic rings. The maximum atomic E-state index is 12.0. The van der Waals surface area contributed by atoms with E-state index in [1.807, 2.05) is 6.08 Å². The van der Waals surface area contributed by atoms with Crippen LogP contribution in [0.2, 0.25) is 5.54 Å². The summed E-state index contributed by atoms with van der Waals surface area (Å²) >= 11 is 0. The van der Waals surface area contributed by atoms with Crippen LogP contribution >= 0.6 is 0 Å². The standard InChI is InChI=1S/C16H22O3Si/c1-10-6-11(2)8-13(7-10)20-14-5-4-12(9-17)15(14)16(18)19-3/h4,6-8,14-15,17H,5,9,20H2,1-3H3. The van der Waals surface area contributed by atoms with Gasteiger partial charge in [-0.05, 0) is 31.4 Å². The van der Waals surface area contributed by atoms with Crippen LogP contribution < -0.4 is 5.19 Å². The number of rotatable bonds is 4. The van der Waals surface area contributed by atoms with Gasteiger partial charge in [0.25, 0.3) is 0 Å². The second-order valence-corrected chi connectivity index (χ2v) is 7.91.